The molecular weight excluding hydrogens is 743 g/mol. The van der Waals surface area contributed by atoms with Crippen LogP contribution in [-0.4, -0.2) is 16.1 Å². The first-order chi connectivity index (χ1) is 28.8. The monoisotopic (exact) mass is 787 g/mol. The van der Waals surface area contributed by atoms with Crippen LogP contribution in [0, 0.1) is 0 Å². The molecule has 3 heteroatoms. The summed E-state index contributed by atoms with van der Waals surface area (Å²) in [5, 5.41) is 9.36. The molecule has 282 valence electrons. The van der Waals surface area contributed by atoms with E-state index in [9.17, 15) is 0 Å². The van der Waals surface area contributed by atoms with E-state index in [2.05, 4.69) is 231 Å². The van der Waals surface area contributed by atoms with Crippen molar-refractivity contribution in [3.8, 4) is 55.6 Å². The van der Waals surface area contributed by atoms with E-state index >= 15 is 0 Å². The second kappa shape index (κ2) is 13.5. The van der Waals surface area contributed by atoms with Crippen LogP contribution in [0.1, 0.15) is 0 Å². The molecule has 0 unspecified atom stereocenters. The highest BCUT2D eigenvalue weighted by atomic mass is 28.3. The molecule has 0 atom stereocenters. The van der Waals surface area contributed by atoms with Crippen LogP contribution < -0.4 is 25.6 Å². The topological polar surface area (TPSA) is 3.24 Å². The quantitative estimate of drug-likeness (QED) is 0.152. The van der Waals surface area contributed by atoms with E-state index in [1.54, 1.807) is 26.1 Å². The van der Waals surface area contributed by atoms with Gasteiger partial charge >= 0.3 is 0 Å². The molecule has 2 heterocycles. The first kappa shape index (κ1) is 35.6. The maximum Gasteiger partial charge on any atom is 0.114 e. The molecule has 0 bridgehead atoms. The molecule has 0 aromatic heterocycles. The van der Waals surface area contributed by atoms with E-state index in [4.69, 9.17) is 0 Å². The Balaban J connectivity index is 0.982. The standard InChI is InChI=1S/C56H45NSi2/c1-58(2)52-18-12-11-17-48(52)49-34-25-43-26-35-50-51-37-44(27-36-53(51)59(3,4)56(50)54(43)55(49)58)42-23-32-47(33-24-42)57(45-28-19-40(20-29-45)38-13-7-5-8-14-38)46-30-21-41(22-31-46)39-15-9-6-10-16-39/h5-37H,1-4H3. The summed E-state index contributed by atoms with van der Waals surface area (Å²) in [4.78, 5) is 2.37. The van der Waals surface area contributed by atoms with Crippen LogP contribution in [0.15, 0.2) is 200 Å². The fourth-order valence-corrected chi connectivity index (χ4v) is 17.3. The number of fused-ring (bicyclic) bond motifs is 9. The van der Waals surface area contributed by atoms with Gasteiger partial charge in [-0.3, -0.25) is 0 Å². The van der Waals surface area contributed by atoms with Gasteiger partial charge in [0.15, 0.2) is 0 Å². The third-order valence-electron chi connectivity index (χ3n) is 13.2. The van der Waals surface area contributed by atoms with Gasteiger partial charge in [-0.15, -0.1) is 0 Å². The minimum Gasteiger partial charge on any atom is -0.311 e. The summed E-state index contributed by atoms with van der Waals surface area (Å²) in [6.07, 6.45) is 0. The van der Waals surface area contributed by atoms with Crippen LogP contribution >= 0.6 is 0 Å². The summed E-state index contributed by atoms with van der Waals surface area (Å²) < 4.78 is 0. The molecule has 2 aliphatic rings. The summed E-state index contributed by atoms with van der Waals surface area (Å²) >= 11 is 0. The van der Waals surface area contributed by atoms with Gasteiger partial charge in [0.2, 0.25) is 0 Å². The van der Waals surface area contributed by atoms with Gasteiger partial charge < -0.3 is 4.90 Å². The van der Waals surface area contributed by atoms with Crippen molar-refractivity contribution in [2.45, 2.75) is 26.2 Å². The molecule has 9 aromatic carbocycles. The van der Waals surface area contributed by atoms with Crippen molar-refractivity contribution in [2.24, 2.45) is 0 Å². The minimum atomic E-state index is -2.01. The highest BCUT2D eigenvalue weighted by molar-refractivity contribution is 7.08. The first-order valence-electron chi connectivity index (χ1n) is 20.8. The lowest BCUT2D eigenvalue weighted by Gasteiger charge is -2.26. The molecule has 2 aliphatic heterocycles. The van der Waals surface area contributed by atoms with Crippen molar-refractivity contribution < 1.29 is 0 Å². The Hall–Kier alpha value is -6.53. The van der Waals surface area contributed by atoms with E-state index in [1.807, 2.05) is 0 Å². The van der Waals surface area contributed by atoms with Crippen LogP contribution in [0.4, 0.5) is 17.1 Å². The van der Waals surface area contributed by atoms with Crippen molar-refractivity contribution >= 4 is 64.7 Å². The molecule has 0 radical (unpaired) electrons. The molecule has 11 rings (SSSR count). The maximum atomic E-state index is 2.58. The van der Waals surface area contributed by atoms with Crippen LogP contribution in [0.5, 0.6) is 0 Å². The third-order valence-corrected chi connectivity index (χ3v) is 20.3. The van der Waals surface area contributed by atoms with Crippen molar-refractivity contribution in [3.05, 3.63) is 200 Å². The van der Waals surface area contributed by atoms with Gasteiger partial charge in [0.1, 0.15) is 16.1 Å². The molecule has 0 aliphatic carbocycles. The molecule has 9 aromatic rings. The van der Waals surface area contributed by atoms with Gasteiger partial charge in [0.25, 0.3) is 0 Å². The maximum absolute atomic E-state index is 2.58. The first-order valence-corrected chi connectivity index (χ1v) is 26.8. The Kier molecular flexibility index (Phi) is 8.16. The average Bonchev–Trinajstić information content (AvgIpc) is 3.67. The molecule has 0 fully saturated rings. The van der Waals surface area contributed by atoms with Crippen LogP contribution in [0.3, 0.4) is 0 Å². The van der Waals surface area contributed by atoms with Crippen molar-refractivity contribution in [3.63, 3.8) is 0 Å². The zero-order valence-corrected chi connectivity index (χ0v) is 36.0. The number of benzene rings is 9. The number of nitrogens with zero attached hydrogens (tertiary/aromatic N) is 1. The van der Waals surface area contributed by atoms with Gasteiger partial charge in [-0.25, -0.2) is 0 Å². The number of rotatable bonds is 6. The van der Waals surface area contributed by atoms with Gasteiger partial charge in [0.05, 0.1) is 0 Å². The van der Waals surface area contributed by atoms with E-state index in [-0.39, 0.29) is 0 Å². The smallest absolute Gasteiger partial charge is 0.114 e. The Morgan fingerprint density at radius 1 is 0.305 bits per heavy atom. The van der Waals surface area contributed by atoms with E-state index < -0.39 is 16.1 Å². The van der Waals surface area contributed by atoms with E-state index in [0.717, 1.165) is 17.1 Å². The largest absolute Gasteiger partial charge is 0.311 e. The fraction of sp³-hybridized carbons (Fsp3) is 0.0714. The highest BCUT2D eigenvalue weighted by Crippen LogP contribution is 2.40. The predicted octanol–water partition coefficient (Wildman–Crippen LogP) is 12.9. The summed E-state index contributed by atoms with van der Waals surface area (Å²) in [5.74, 6) is 0. The van der Waals surface area contributed by atoms with Crippen molar-refractivity contribution in [1.82, 2.24) is 0 Å². The minimum absolute atomic E-state index is 1.12. The Morgan fingerprint density at radius 2 is 0.695 bits per heavy atom. The van der Waals surface area contributed by atoms with Crippen LogP contribution in [-0.2, 0) is 0 Å². The normalized spacial score (nSPS) is 14.0. The van der Waals surface area contributed by atoms with Crippen molar-refractivity contribution in [1.29, 1.82) is 0 Å². The fourth-order valence-electron chi connectivity index (χ4n) is 10.3. The Labute approximate surface area is 349 Å². The zero-order chi connectivity index (χ0) is 39.9. The molecule has 0 saturated carbocycles. The Bertz CT molecular complexity index is 2970. The molecule has 0 saturated heterocycles. The summed E-state index contributed by atoms with van der Waals surface area (Å²) in [6.45, 7) is 10.3. The summed E-state index contributed by atoms with van der Waals surface area (Å²) in [6, 6.07) is 74.4. The molecular formula is C56H45NSi2. The molecule has 59 heavy (non-hydrogen) atoms. The summed E-state index contributed by atoms with van der Waals surface area (Å²) in [5.41, 5.74) is 16.5. The lowest BCUT2D eigenvalue weighted by atomic mass is 9.95. The molecule has 0 N–H and O–H groups in total. The molecule has 0 spiro atoms. The Morgan fingerprint density at radius 3 is 1.20 bits per heavy atom. The van der Waals surface area contributed by atoms with Gasteiger partial charge in [-0.1, -0.05) is 184 Å². The van der Waals surface area contributed by atoms with Crippen molar-refractivity contribution in [2.75, 3.05) is 4.90 Å². The second-order valence-electron chi connectivity index (χ2n) is 17.3. The lowest BCUT2D eigenvalue weighted by Crippen LogP contribution is -2.54. The second-order valence-corrected chi connectivity index (χ2v) is 25.9. The number of hydrogen-bond acceptors (Lipinski definition) is 1. The summed E-state index contributed by atoms with van der Waals surface area (Å²) in [7, 11) is -3.91. The highest BCUT2D eigenvalue weighted by Gasteiger charge is 2.44. The van der Waals surface area contributed by atoms with Crippen LogP contribution in [0.25, 0.3) is 66.4 Å². The number of hydrogen-bond donors (Lipinski definition) is 0. The predicted molar refractivity (Wildman–Crippen MR) is 259 cm³/mol. The molecule has 1 nitrogen and oxygen atoms in total. The lowest BCUT2D eigenvalue weighted by molar-refractivity contribution is 1.28. The van der Waals surface area contributed by atoms with Crippen LogP contribution in [0.2, 0.25) is 26.2 Å². The SMILES string of the molecule is C[Si]1(C)c2ccccc2-c2ccc3ccc4c(c3c21)[Si](C)(C)c1ccc(-c2ccc(N(c3ccc(-c5ccccc5)cc3)c3ccc(-c5ccccc5)cc3)cc2)cc1-4. The number of anilines is 3. The zero-order valence-electron chi connectivity index (χ0n) is 34.0. The van der Waals surface area contributed by atoms with E-state index in [0.29, 0.717) is 0 Å². The van der Waals surface area contributed by atoms with Gasteiger partial charge in [0, 0.05) is 17.1 Å². The van der Waals surface area contributed by atoms with E-state index in [1.165, 1.54) is 61.0 Å². The van der Waals surface area contributed by atoms with Gasteiger partial charge in [-0.2, -0.15) is 0 Å². The third kappa shape index (κ3) is 5.64. The van der Waals surface area contributed by atoms with Gasteiger partial charge in [-0.05, 0) is 130 Å². The molecule has 0 amide bonds. The average molecular weight is 788 g/mol.